The standard InChI is InChI=1S/C14H17N5O3/c1-3-22-10-6-4-9(5-7-10)16-13(15)19-14-17-11(20)8-12(18-14)21-2/h4-8H,3H2,1-2H3,(H4,15,16,17,18,19,20). The number of nitrogens with one attached hydrogen (secondary N) is 2. The molecule has 1 aromatic carbocycles. The van der Waals surface area contributed by atoms with Gasteiger partial charge < -0.3 is 20.5 Å². The molecule has 22 heavy (non-hydrogen) atoms. The Morgan fingerprint density at radius 3 is 2.77 bits per heavy atom. The van der Waals surface area contributed by atoms with Gasteiger partial charge in [0.2, 0.25) is 17.8 Å². The van der Waals surface area contributed by atoms with Crippen LogP contribution in [0.4, 0.5) is 11.6 Å². The normalized spacial score (nSPS) is 11.1. The third-order valence-electron chi connectivity index (χ3n) is 2.58. The number of aromatic nitrogens is 2. The van der Waals surface area contributed by atoms with Gasteiger partial charge in [-0.05, 0) is 31.2 Å². The predicted octanol–water partition coefficient (Wildman–Crippen LogP) is 1.24. The third-order valence-corrected chi connectivity index (χ3v) is 2.58. The fourth-order valence-corrected chi connectivity index (χ4v) is 1.67. The van der Waals surface area contributed by atoms with Crippen LogP contribution in [0.2, 0.25) is 0 Å². The maximum atomic E-state index is 11.4. The van der Waals surface area contributed by atoms with Crippen LogP contribution >= 0.6 is 0 Å². The summed E-state index contributed by atoms with van der Waals surface area (Å²) in [7, 11) is 1.41. The molecule has 8 heteroatoms. The molecule has 0 aliphatic carbocycles. The average Bonchev–Trinajstić information content (AvgIpc) is 2.48. The van der Waals surface area contributed by atoms with Crippen molar-refractivity contribution in [2.75, 3.05) is 19.0 Å². The summed E-state index contributed by atoms with van der Waals surface area (Å²) in [4.78, 5) is 21.8. The molecule has 2 rings (SSSR count). The van der Waals surface area contributed by atoms with Crippen molar-refractivity contribution in [1.82, 2.24) is 9.97 Å². The van der Waals surface area contributed by atoms with Crippen molar-refractivity contribution in [3.63, 3.8) is 0 Å². The summed E-state index contributed by atoms with van der Waals surface area (Å²) in [5.74, 6) is 1.07. The lowest BCUT2D eigenvalue weighted by atomic mass is 10.3. The van der Waals surface area contributed by atoms with Crippen molar-refractivity contribution >= 4 is 17.6 Å². The highest BCUT2D eigenvalue weighted by Gasteiger charge is 2.02. The Hall–Kier alpha value is -3.03. The van der Waals surface area contributed by atoms with Crippen LogP contribution in [0.3, 0.4) is 0 Å². The Morgan fingerprint density at radius 2 is 2.14 bits per heavy atom. The number of methoxy groups -OCH3 is 1. The first-order valence-electron chi connectivity index (χ1n) is 6.60. The Balaban J connectivity index is 2.12. The second-order valence-electron chi connectivity index (χ2n) is 4.19. The summed E-state index contributed by atoms with van der Waals surface area (Å²) in [6, 6.07) is 8.44. The van der Waals surface area contributed by atoms with Crippen molar-refractivity contribution in [2.24, 2.45) is 10.7 Å². The van der Waals surface area contributed by atoms with E-state index < -0.39 is 0 Å². The average molecular weight is 303 g/mol. The number of nitrogens with zero attached hydrogens (tertiary/aromatic N) is 2. The Morgan fingerprint density at radius 1 is 1.41 bits per heavy atom. The number of guanidine groups is 1. The quantitative estimate of drug-likeness (QED) is 0.565. The molecule has 0 bridgehead atoms. The van der Waals surface area contributed by atoms with E-state index in [1.54, 1.807) is 12.1 Å². The highest BCUT2D eigenvalue weighted by molar-refractivity contribution is 5.93. The SMILES string of the molecule is CCOc1ccc(N/C(N)=N/c2nc(OC)cc(=O)[nH]2)cc1. The van der Waals surface area contributed by atoms with Crippen LogP contribution in [0.25, 0.3) is 0 Å². The van der Waals surface area contributed by atoms with Crippen LogP contribution in [0.15, 0.2) is 40.1 Å². The van der Waals surface area contributed by atoms with Gasteiger partial charge in [0, 0.05) is 5.69 Å². The first kappa shape index (κ1) is 15.4. The van der Waals surface area contributed by atoms with Crippen molar-refractivity contribution < 1.29 is 9.47 Å². The molecular weight excluding hydrogens is 286 g/mol. The molecule has 0 radical (unpaired) electrons. The lowest BCUT2D eigenvalue weighted by Gasteiger charge is -2.07. The van der Waals surface area contributed by atoms with Crippen LogP contribution in [0.1, 0.15) is 6.92 Å². The van der Waals surface area contributed by atoms with Crippen LogP contribution in [0.5, 0.6) is 11.6 Å². The summed E-state index contributed by atoms with van der Waals surface area (Å²) in [6.45, 7) is 2.52. The maximum Gasteiger partial charge on any atom is 0.256 e. The lowest BCUT2D eigenvalue weighted by Crippen LogP contribution is -2.22. The first-order chi connectivity index (χ1) is 10.6. The van der Waals surface area contributed by atoms with Gasteiger partial charge in [0.15, 0.2) is 0 Å². The van der Waals surface area contributed by atoms with Crippen LogP contribution in [-0.2, 0) is 0 Å². The van der Waals surface area contributed by atoms with E-state index in [1.807, 2.05) is 19.1 Å². The van der Waals surface area contributed by atoms with Gasteiger partial charge in [-0.1, -0.05) is 0 Å². The highest BCUT2D eigenvalue weighted by atomic mass is 16.5. The van der Waals surface area contributed by atoms with E-state index in [9.17, 15) is 4.79 Å². The smallest absolute Gasteiger partial charge is 0.256 e. The Labute approximate surface area is 127 Å². The van der Waals surface area contributed by atoms with Crippen LogP contribution < -0.4 is 26.1 Å². The fourth-order valence-electron chi connectivity index (χ4n) is 1.67. The number of nitrogens with two attached hydrogens (primary N) is 1. The number of ether oxygens (including phenoxy) is 2. The first-order valence-corrected chi connectivity index (χ1v) is 6.60. The number of anilines is 1. The van der Waals surface area contributed by atoms with Gasteiger partial charge >= 0.3 is 0 Å². The molecule has 0 amide bonds. The number of hydrogen-bond acceptors (Lipinski definition) is 5. The lowest BCUT2D eigenvalue weighted by molar-refractivity contribution is 0.340. The molecule has 0 unspecified atom stereocenters. The predicted molar refractivity (Wildman–Crippen MR) is 83.9 cm³/mol. The molecule has 0 saturated heterocycles. The van der Waals surface area contributed by atoms with E-state index in [-0.39, 0.29) is 23.3 Å². The summed E-state index contributed by atoms with van der Waals surface area (Å²) >= 11 is 0. The maximum absolute atomic E-state index is 11.4. The molecule has 2 aromatic rings. The zero-order valence-electron chi connectivity index (χ0n) is 12.3. The van der Waals surface area contributed by atoms with Crippen molar-refractivity contribution in [2.45, 2.75) is 6.92 Å². The van der Waals surface area contributed by atoms with Crippen LogP contribution in [-0.4, -0.2) is 29.6 Å². The summed E-state index contributed by atoms with van der Waals surface area (Å²) in [5.41, 5.74) is 6.14. The van der Waals surface area contributed by atoms with Crippen molar-refractivity contribution in [1.29, 1.82) is 0 Å². The summed E-state index contributed by atoms with van der Waals surface area (Å²) in [5, 5.41) is 2.89. The summed E-state index contributed by atoms with van der Waals surface area (Å²) in [6.07, 6.45) is 0. The second kappa shape index (κ2) is 7.11. The number of aliphatic imine (C=N–C) groups is 1. The fraction of sp³-hybridized carbons (Fsp3) is 0.214. The van der Waals surface area contributed by atoms with Gasteiger partial charge in [-0.3, -0.25) is 9.78 Å². The Bertz CT molecular complexity index is 709. The van der Waals surface area contributed by atoms with E-state index in [2.05, 4.69) is 20.3 Å². The molecule has 0 aliphatic rings. The van der Waals surface area contributed by atoms with Gasteiger partial charge in [-0.2, -0.15) is 9.98 Å². The number of H-pyrrole nitrogens is 1. The van der Waals surface area contributed by atoms with Gasteiger partial charge in [-0.25, -0.2) is 0 Å². The van der Waals surface area contributed by atoms with E-state index in [1.165, 1.54) is 13.2 Å². The molecule has 0 fully saturated rings. The van der Waals surface area contributed by atoms with Crippen molar-refractivity contribution in [3.8, 4) is 11.6 Å². The van der Waals surface area contributed by atoms with Crippen LogP contribution in [0, 0.1) is 0 Å². The summed E-state index contributed by atoms with van der Waals surface area (Å²) < 4.78 is 10.2. The minimum atomic E-state index is -0.375. The molecule has 4 N–H and O–H groups in total. The second-order valence-corrected chi connectivity index (χ2v) is 4.19. The monoisotopic (exact) mass is 303 g/mol. The molecule has 1 aromatic heterocycles. The van der Waals surface area contributed by atoms with E-state index in [0.717, 1.165) is 11.4 Å². The molecule has 8 nitrogen and oxygen atoms in total. The Kier molecular flexibility index (Phi) is 4.97. The largest absolute Gasteiger partial charge is 0.494 e. The number of hydrogen-bond donors (Lipinski definition) is 3. The van der Waals surface area contributed by atoms with E-state index in [4.69, 9.17) is 15.2 Å². The highest BCUT2D eigenvalue weighted by Crippen LogP contribution is 2.15. The van der Waals surface area contributed by atoms with E-state index >= 15 is 0 Å². The molecule has 0 atom stereocenters. The molecule has 1 heterocycles. The van der Waals surface area contributed by atoms with E-state index in [0.29, 0.717) is 6.61 Å². The van der Waals surface area contributed by atoms with Gasteiger partial charge in [0.05, 0.1) is 19.8 Å². The zero-order valence-corrected chi connectivity index (χ0v) is 12.3. The number of benzene rings is 1. The molecule has 0 aliphatic heterocycles. The molecular formula is C14H17N5O3. The minimum absolute atomic E-state index is 0.0558. The molecule has 0 spiro atoms. The number of aromatic amines is 1. The molecule has 0 saturated carbocycles. The van der Waals surface area contributed by atoms with Gasteiger partial charge in [0.1, 0.15) is 5.75 Å². The number of rotatable bonds is 5. The molecule has 116 valence electrons. The van der Waals surface area contributed by atoms with Crippen molar-refractivity contribution in [3.05, 3.63) is 40.7 Å². The third kappa shape index (κ3) is 4.23. The van der Waals surface area contributed by atoms with Gasteiger partial charge in [-0.15, -0.1) is 0 Å². The topological polar surface area (TPSA) is 115 Å². The van der Waals surface area contributed by atoms with Gasteiger partial charge in [0.25, 0.3) is 5.56 Å². The minimum Gasteiger partial charge on any atom is -0.494 e. The zero-order chi connectivity index (χ0) is 15.9.